The molecule has 2 rings (SSSR count). The van der Waals surface area contributed by atoms with Crippen LogP contribution >= 0.6 is 15.9 Å². The fourth-order valence-corrected chi connectivity index (χ4v) is 3.97. The molecule has 0 aromatic heterocycles. The Hall–Kier alpha value is -2.04. The minimum Gasteiger partial charge on any atom is -0.495 e. The zero-order chi connectivity index (χ0) is 16.3. The zero-order valence-corrected chi connectivity index (χ0v) is 14.3. The molecule has 22 heavy (non-hydrogen) atoms. The molecule has 7 heteroatoms. The lowest BCUT2D eigenvalue weighted by Gasteiger charge is -2.14. The van der Waals surface area contributed by atoms with Gasteiger partial charge in [-0.15, -0.1) is 0 Å². The number of methoxy groups -OCH3 is 2. The molecule has 1 N–H and O–H groups in total. The summed E-state index contributed by atoms with van der Waals surface area (Å²) in [7, 11) is -0.424. The van der Waals surface area contributed by atoms with Gasteiger partial charge in [-0.25, -0.2) is 8.99 Å². The number of hydrogen-bond donors (Lipinski definition) is 1. The number of nitrogens with one attached hydrogen (secondary N) is 1. The van der Waals surface area contributed by atoms with Gasteiger partial charge < -0.3 is 9.47 Å². The Bertz CT molecular complexity index is 858. The summed E-state index contributed by atoms with van der Waals surface area (Å²) in [6.45, 7) is 0. The van der Waals surface area contributed by atoms with Crippen LogP contribution in [-0.2, 0) is 9.73 Å². The summed E-state index contributed by atoms with van der Waals surface area (Å²) < 4.78 is 32.4. The molecule has 0 saturated heterocycles. The summed E-state index contributed by atoms with van der Waals surface area (Å²) >= 11 is 3.31. The first kappa shape index (κ1) is 16.3. The second-order valence-electron chi connectivity index (χ2n) is 4.33. The zero-order valence-electron chi connectivity index (χ0n) is 11.9. The molecule has 1 atom stereocenters. The number of rotatable bonds is 4. The van der Waals surface area contributed by atoms with Crippen LogP contribution < -0.4 is 9.47 Å². The fraction of sp³-hybridized carbons (Fsp3) is 0.133. The number of halogens is 1. The van der Waals surface area contributed by atoms with Gasteiger partial charge in [0.25, 0.3) is 0 Å². The predicted molar refractivity (Wildman–Crippen MR) is 85.8 cm³/mol. The summed E-state index contributed by atoms with van der Waals surface area (Å²) in [6.07, 6.45) is 0. The Morgan fingerprint density at radius 3 is 2.41 bits per heavy atom. The van der Waals surface area contributed by atoms with Crippen LogP contribution in [0.4, 0.5) is 0 Å². The van der Waals surface area contributed by atoms with E-state index < -0.39 is 9.73 Å². The molecule has 0 aliphatic rings. The monoisotopic (exact) mass is 380 g/mol. The van der Waals surface area contributed by atoms with Gasteiger partial charge in [-0.2, -0.15) is 5.26 Å². The molecule has 2 aromatic carbocycles. The van der Waals surface area contributed by atoms with E-state index >= 15 is 0 Å². The Morgan fingerprint density at radius 2 is 1.82 bits per heavy atom. The molecular weight excluding hydrogens is 368 g/mol. The van der Waals surface area contributed by atoms with Crippen molar-refractivity contribution < 1.29 is 13.7 Å². The average molecular weight is 381 g/mol. The SMILES string of the molecule is COc1cc(S(=N)(=O)c2cc(Br)ccc2OC)ccc1C#N. The van der Waals surface area contributed by atoms with E-state index in [9.17, 15) is 4.21 Å². The van der Waals surface area contributed by atoms with Crippen LogP contribution in [0.15, 0.2) is 50.7 Å². The fourth-order valence-electron chi connectivity index (χ4n) is 1.94. The molecule has 2 aromatic rings. The van der Waals surface area contributed by atoms with E-state index in [1.54, 1.807) is 18.2 Å². The first-order chi connectivity index (χ1) is 10.4. The largest absolute Gasteiger partial charge is 0.495 e. The molecule has 0 aliphatic heterocycles. The van der Waals surface area contributed by atoms with Crippen LogP contribution in [0.3, 0.4) is 0 Å². The van der Waals surface area contributed by atoms with Crippen LogP contribution in [0.5, 0.6) is 11.5 Å². The molecule has 0 radical (unpaired) electrons. The molecule has 1 unspecified atom stereocenters. The number of nitrogens with zero attached hydrogens (tertiary/aromatic N) is 1. The van der Waals surface area contributed by atoms with Gasteiger partial charge in [0.15, 0.2) is 0 Å². The second-order valence-corrected chi connectivity index (χ2v) is 7.26. The summed E-state index contributed by atoms with van der Waals surface area (Å²) in [5.74, 6) is 0.653. The first-order valence-electron chi connectivity index (χ1n) is 6.14. The highest BCUT2D eigenvalue weighted by Gasteiger charge is 2.20. The summed E-state index contributed by atoms with van der Waals surface area (Å²) in [6, 6.07) is 11.4. The molecule has 0 aliphatic carbocycles. The maximum absolute atomic E-state index is 13.0. The number of hydrogen-bond acceptors (Lipinski definition) is 5. The van der Waals surface area contributed by atoms with E-state index in [1.807, 2.05) is 6.07 Å². The molecule has 0 spiro atoms. The van der Waals surface area contributed by atoms with Gasteiger partial charge in [0.1, 0.15) is 27.3 Å². The van der Waals surface area contributed by atoms with Crippen molar-refractivity contribution in [2.75, 3.05) is 14.2 Å². The number of benzene rings is 2. The summed E-state index contributed by atoms with van der Waals surface area (Å²) in [5, 5.41) is 9.00. The standard InChI is InChI=1S/C15H13BrN2O3S/c1-20-13-6-4-11(16)7-15(13)22(18,19)12-5-3-10(9-17)14(8-12)21-2/h3-8,18H,1-2H3. The minimum atomic E-state index is -3.31. The smallest absolute Gasteiger partial charge is 0.137 e. The predicted octanol–water partition coefficient (Wildman–Crippen LogP) is 3.80. The van der Waals surface area contributed by atoms with Crippen LogP contribution in [0.2, 0.25) is 0 Å². The molecule has 5 nitrogen and oxygen atoms in total. The quantitative estimate of drug-likeness (QED) is 0.873. The van der Waals surface area contributed by atoms with Gasteiger partial charge in [0, 0.05) is 4.47 Å². The molecule has 0 saturated carbocycles. The third-order valence-electron chi connectivity index (χ3n) is 3.06. The lowest BCUT2D eigenvalue weighted by atomic mass is 10.2. The maximum Gasteiger partial charge on any atom is 0.137 e. The van der Waals surface area contributed by atoms with Crippen molar-refractivity contribution in [2.45, 2.75) is 9.79 Å². The Kier molecular flexibility index (Phi) is 4.74. The summed E-state index contributed by atoms with van der Waals surface area (Å²) in [5.41, 5.74) is 0.322. The van der Waals surface area contributed by atoms with Gasteiger partial charge >= 0.3 is 0 Å². The molecular formula is C15H13BrN2O3S. The minimum absolute atomic E-state index is 0.250. The third-order valence-corrected chi connectivity index (χ3v) is 5.41. The highest BCUT2D eigenvalue weighted by molar-refractivity contribution is 9.10. The van der Waals surface area contributed by atoms with E-state index in [2.05, 4.69) is 15.9 Å². The molecule has 0 heterocycles. The Morgan fingerprint density at radius 1 is 1.14 bits per heavy atom. The number of ether oxygens (including phenoxy) is 2. The Labute approximate surface area is 137 Å². The molecule has 0 bridgehead atoms. The van der Waals surface area contributed by atoms with Crippen molar-refractivity contribution in [1.29, 1.82) is 10.0 Å². The molecule has 114 valence electrons. The van der Waals surface area contributed by atoms with E-state index in [0.29, 0.717) is 15.8 Å². The lowest BCUT2D eigenvalue weighted by Crippen LogP contribution is -2.04. The third kappa shape index (κ3) is 2.93. The van der Waals surface area contributed by atoms with Gasteiger partial charge in [-0.05, 0) is 36.4 Å². The van der Waals surface area contributed by atoms with Gasteiger partial charge in [-0.1, -0.05) is 15.9 Å². The van der Waals surface area contributed by atoms with Crippen molar-refractivity contribution in [1.82, 2.24) is 0 Å². The second kappa shape index (κ2) is 6.38. The normalized spacial score (nSPS) is 13.0. The van der Waals surface area contributed by atoms with Crippen molar-refractivity contribution in [3.05, 3.63) is 46.4 Å². The topological polar surface area (TPSA) is 83.2 Å². The average Bonchev–Trinajstić information content (AvgIpc) is 2.54. The molecule has 0 amide bonds. The van der Waals surface area contributed by atoms with Crippen LogP contribution in [0.25, 0.3) is 0 Å². The number of nitriles is 1. The van der Waals surface area contributed by atoms with Crippen molar-refractivity contribution in [3.8, 4) is 17.6 Å². The van der Waals surface area contributed by atoms with E-state index in [-0.39, 0.29) is 15.5 Å². The highest BCUT2D eigenvalue weighted by atomic mass is 79.9. The van der Waals surface area contributed by atoms with Gasteiger partial charge in [-0.3, -0.25) is 0 Å². The van der Waals surface area contributed by atoms with Crippen molar-refractivity contribution >= 4 is 25.7 Å². The first-order valence-corrected chi connectivity index (χ1v) is 8.49. The lowest BCUT2D eigenvalue weighted by molar-refractivity contribution is 0.403. The molecule has 0 fully saturated rings. The highest BCUT2D eigenvalue weighted by Crippen LogP contribution is 2.34. The van der Waals surface area contributed by atoms with Gasteiger partial charge in [0.2, 0.25) is 0 Å². The Balaban J connectivity index is 2.66. The van der Waals surface area contributed by atoms with E-state index in [1.165, 1.54) is 32.4 Å². The van der Waals surface area contributed by atoms with Crippen LogP contribution in [0.1, 0.15) is 5.56 Å². The van der Waals surface area contributed by atoms with Crippen LogP contribution in [0, 0.1) is 16.1 Å². The van der Waals surface area contributed by atoms with Crippen molar-refractivity contribution in [2.24, 2.45) is 0 Å². The summed E-state index contributed by atoms with van der Waals surface area (Å²) in [4.78, 5) is 0.510. The van der Waals surface area contributed by atoms with Crippen molar-refractivity contribution in [3.63, 3.8) is 0 Å². The maximum atomic E-state index is 13.0. The van der Waals surface area contributed by atoms with E-state index in [4.69, 9.17) is 19.5 Å². The van der Waals surface area contributed by atoms with Crippen LogP contribution in [-0.4, -0.2) is 18.4 Å². The van der Waals surface area contributed by atoms with E-state index in [0.717, 1.165) is 0 Å². The van der Waals surface area contributed by atoms with Gasteiger partial charge in [0.05, 0.1) is 29.6 Å².